The third-order valence-electron chi connectivity index (χ3n) is 2.35. The van der Waals surface area contributed by atoms with Crippen molar-refractivity contribution in [3.63, 3.8) is 0 Å². The molecule has 1 aromatic carbocycles. The van der Waals surface area contributed by atoms with Crippen LogP contribution in [-0.2, 0) is 20.3 Å². The van der Waals surface area contributed by atoms with Crippen LogP contribution in [0, 0.1) is 0 Å². The first-order chi connectivity index (χ1) is 8.19. The average molecular weight is 253 g/mol. The van der Waals surface area contributed by atoms with Gasteiger partial charge in [-0.2, -0.15) is 5.10 Å². The molecule has 0 unspecified atom stereocenters. The second kappa shape index (κ2) is 5.21. The molecule has 0 atom stereocenters. The third-order valence-corrected chi connectivity index (χ3v) is 2.58. The molecule has 2 rings (SSSR count). The fourth-order valence-electron chi connectivity index (χ4n) is 1.52. The first kappa shape index (κ1) is 12.0. The SMILES string of the molecule is Cn1cc(COc2ccc(Cl)cc2CO)cn1. The van der Waals surface area contributed by atoms with Gasteiger partial charge in [-0.3, -0.25) is 4.68 Å². The predicted molar refractivity (Wildman–Crippen MR) is 64.9 cm³/mol. The third kappa shape index (κ3) is 2.99. The number of rotatable bonds is 4. The summed E-state index contributed by atoms with van der Waals surface area (Å²) >= 11 is 5.84. The summed E-state index contributed by atoms with van der Waals surface area (Å²) in [5.41, 5.74) is 1.66. The van der Waals surface area contributed by atoms with Gasteiger partial charge >= 0.3 is 0 Å². The van der Waals surface area contributed by atoms with Gasteiger partial charge in [0, 0.05) is 29.4 Å². The molecule has 0 saturated carbocycles. The summed E-state index contributed by atoms with van der Waals surface area (Å²) in [6.45, 7) is 0.325. The van der Waals surface area contributed by atoms with Gasteiger partial charge in [0.1, 0.15) is 12.4 Å². The van der Waals surface area contributed by atoms with Gasteiger partial charge in [0.05, 0.1) is 12.8 Å². The van der Waals surface area contributed by atoms with E-state index in [0.717, 1.165) is 5.56 Å². The number of benzene rings is 1. The Balaban J connectivity index is 2.08. The maximum atomic E-state index is 9.19. The number of hydrogen-bond acceptors (Lipinski definition) is 3. The number of nitrogens with zero attached hydrogens (tertiary/aromatic N) is 2. The van der Waals surface area contributed by atoms with Crippen LogP contribution >= 0.6 is 11.6 Å². The van der Waals surface area contributed by atoms with E-state index >= 15 is 0 Å². The number of aryl methyl sites for hydroxylation is 1. The van der Waals surface area contributed by atoms with Gasteiger partial charge in [0.25, 0.3) is 0 Å². The largest absolute Gasteiger partial charge is 0.488 e. The minimum absolute atomic E-state index is 0.0943. The quantitative estimate of drug-likeness (QED) is 0.907. The van der Waals surface area contributed by atoms with E-state index in [-0.39, 0.29) is 6.61 Å². The van der Waals surface area contributed by atoms with Crippen molar-refractivity contribution in [3.05, 3.63) is 46.7 Å². The van der Waals surface area contributed by atoms with E-state index in [0.29, 0.717) is 22.9 Å². The van der Waals surface area contributed by atoms with Gasteiger partial charge < -0.3 is 9.84 Å². The summed E-state index contributed by atoms with van der Waals surface area (Å²) in [6.07, 6.45) is 3.63. The van der Waals surface area contributed by atoms with Gasteiger partial charge in [0.15, 0.2) is 0 Å². The average Bonchev–Trinajstić information content (AvgIpc) is 2.73. The molecule has 90 valence electrons. The second-order valence-electron chi connectivity index (χ2n) is 3.72. The van der Waals surface area contributed by atoms with Crippen molar-refractivity contribution in [1.29, 1.82) is 0 Å². The zero-order chi connectivity index (χ0) is 12.3. The van der Waals surface area contributed by atoms with Crippen molar-refractivity contribution < 1.29 is 9.84 Å². The lowest BCUT2D eigenvalue weighted by atomic mass is 10.2. The van der Waals surface area contributed by atoms with E-state index in [9.17, 15) is 5.11 Å². The first-order valence-corrected chi connectivity index (χ1v) is 5.56. The fourth-order valence-corrected chi connectivity index (χ4v) is 1.71. The Bertz CT molecular complexity index is 511. The Labute approximate surface area is 104 Å². The van der Waals surface area contributed by atoms with E-state index in [1.807, 2.05) is 13.2 Å². The highest BCUT2D eigenvalue weighted by molar-refractivity contribution is 6.30. The standard InChI is InChI=1S/C12H13ClN2O2/c1-15-6-9(5-14-15)8-17-12-3-2-11(13)4-10(12)7-16/h2-6,16H,7-8H2,1H3. The normalized spacial score (nSPS) is 10.5. The molecule has 1 N–H and O–H groups in total. The molecule has 0 saturated heterocycles. The molecule has 0 bridgehead atoms. The van der Waals surface area contributed by atoms with Crippen molar-refractivity contribution >= 4 is 11.6 Å². The van der Waals surface area contributed by atoms with Crippen LogP contribution in [0.25, 0.3) is 0 Å². The van der Waals surface area contributed by atoms with Crippen LogP contribution < -0.4 is 4.74 Å². The fraction of sp³-hybridized carbons (Fsp3) is 0.250. The van der Waals surface area contributed by atoms with Gasteiger partial charge in [-0.1, -0.05) is 11.6 Å². The van der Waals surface area contributed by atoms with Crippen molar-refractivity contribution in [3.8, 4) is 5.75 Å². The lowest BCUT2D eigenvalue weighted by Gasteiger charge is -2.09. The maximum Gasteiger partial charge on any atom is 0.125 e. The molecule has 1 heterocycles. The maximum absolute atomic E-state index is 9.19. The van der Waals surface area contributed by atoms with Gasteiger partial charge in [0.2, 0.25) is 0 Å². The highest BCUT2D eigenvalue weighted by Crippen LogP contribution is 2.23. The zero-order valence-corrected chi connectivity index (χ0v) is 10.2. The Morgan fingerprint density at radius 1 is 1.47 bits per heavy atom. The highest BCUT2D eigenvalue weighted by Gasteiger charge is 2.05. The molecule has 2 aromatic rings. The van der Waals surface area contributed by atoms with Crippen LogP contribution in [0.1, 0.15) is 11.1 Å². The molecular weight excluding hydrogens is 240 g/mol. The molecule has 0 amide bonds. The van der Waals surface area contributed by atoms with Crippen LogP contribution in [0.15, 0.2) is 30.6 Å². The summed E-state index contributed by atoms with van der Waals surface area (Å²) in [7, 11) is 1.85. The van der Waals surface area contributed by atoms with Crippen molar-refractivity contribution in [2.24, 2.45) is 7.05 Å². The number of halogens is 1. The summed E-state index contributed by atoms with van der Waals surface area (Å²) in [5.74, 6) is 0.640. The monoisotopic (exact) mass is 252 g/mol. The summed E-state index contributed by atoms with van der Waals surface area (Å²) in [5, 5.41) is 13.8. The lowest BCUT2D eigenvalue weighted by Crippen LogP contribution is -1.98. The minimum atomic E-state index is -0.0943. The predicted octanol–water partition coefficient (Wildman–Crippen LogP) is 2.14. The number of aromatic nitrogens is 2. The Morgan fingerprint density at radius 2 is 2.29 bits per heavy atom. The van der Waals surface area contributed by atoms with Crippen molar-refractivity contribution in [1.82, 2.24) is 9.78 Å². The molecule has 1 aromatic heterocycles. The summed E-state index contributed by atoms with van der Waals surface area (Å²) < 4.78 is 7.33. The second-order valence-corrected chi connectivity index (χ2v) is 4.16. The lowest BCUT2D eigenvalue weighted by molar-refractivity contribution is 0.259. The van der Waals surface area contributed by atoms with Gasteiger partial charge in [-0.05, 0) is 18.2 Å². The molecule has 0 aliphatic heterocycles. The summed E-state index contributed by atoms with van der Waals surface area (Å²) in [4.78, 5) is 0. The number of ether oxygens (including phenoxy) is 1. The van der Waals surface area contributed by atoms with Crippen molar-refractivity contribution in [2.45, 2.75) is 13.2 Å². The summed E-state index contributed by atoms with van der Waals surface area (Å²) in [6, 6.07) is 5.18. The highest BCUT2D eigenvalue weighted by atomic mass is 35.5. The van der Waals surface area contributed by atoms with E-state index in [1.165, 1.54) is 0 Å². The van der Waals surface area contributed by atoms with E-state index < -0.39 is 0 Å². The first-order valence-electron chi connectivity index (χ1n) is 5.18. The van der Waals surface area contributed by atoms with Gasteiger partial charge in [-0.25, -0.2) is 0 Å². The van der Waals surface area contributed by atoms with Crippen LogP contribution in [0.3, 0.4) is 0 Å². The number of hydrogen-bond donors (Lipinski definition) is 1. The number of aliphatic hydroxyl groups is 1. The molecule has 5 heteroatoms. The van der Waals surface area contributed by atoms with Crippen LogP contribution in [0.2, 0.25) is 5.02 Å². The molecule has 4 nitrogen and oxygen atoms in total. The molecule has 0 spiro atoms. The zero-order valence-electron chi connectivity index (χ0n) is 9.43. The van der Waals surface area contributed by atoms with Crippen LogP contribution in [0.4, 0.5) is 0 Å². The molecule has 0 radical (unpaired) electrons. The molecule has 0 aliphatic carbocycles. The van der Waals surface area contributed by atoms with Gasteiger partial charge in [-0.15, -0.1) is 0 Å². The minimum Gasteiger partial charge on any atom is -0.488 e. The molecular formula is C12H13ClN2O2. The van der Waals surface area contributed by atoms with Crippen LogP contribution in [-0.4, -0.2) is 14.9 Å². The molecule has 17 heavy (non-hydrogen) atoms. The number of aliphatic hydroxyl groups excluding tert-OH is 1. The Kier molecular flexibility index (Phi) is 3.66. The van der Waals surface area contributed by atoms with Crippen LogP contribution in [0.5, 0.6) is 5.75 Å². The molecule has 0 aliphatic rings. The molecule has 0 fully saturated rings. The van der Waals surface area contributed by atoms with E-state index in [1.54, 1.807) is 29.1 Å². The topological polar surface area (TPSA) is 47.3 Å². The van der Waals surface area contributed by atoms with E-state index in [4.69, 9.17) is 16.3 Å². The van der Waals surface area contributed by atoms with E-state index in [2.05, 4.69) is 5.10 Å². The Morgan fingerprint density at radius 3 is 2.94 bits per heavy atom. The Hall–Kier alpha value is -1.52. The smallest absolute Gasteiger partial charge is 0.125 e. The van der Waals surface area contributed by atoms with Crippen molar-refractivity contribution in [2.75, 3.05) is 0 Å².